The Hall–Kier alpha value is -0.610. The summed E-state index contributed by atoms with van der Waals surface area (Å²) in [7, 11) is 0. The highest BCUT2D eigenvalue weighted by atomic mass is 16.5. The van der Waals surface area contributed by atoms with E-state index in [0.29, 0.717) is 5.92 Å². The summed E-state index contributed by atoms with van der Waals surface area (Å²) >= 11 is 0. The molecule has 1 atom stereocenters. The Morgan fingerprint density at radius 1 is 1.46 bits per heavy atom. The van der Waals surface area contributed by atoms with E-state index in [-0.39, 0.29) is 11.9 Å². The fourth-order valence-electron chi connectivity index (χ4n) is 1.93. The van der Waals surface area contributed by atoms with Crippen molar-refractivity contribution >= 4 is 5.91 Å². The fraction of sp³-hybridized carbons (Fsp3) is 0.889. The first kappa shape index (κ1) is 8.97. The molecular weight excluding hydrogens is 168 g/mol. The fourth-order valence-corrected chi connectivity index (χ4v) is 1.93. The molecule has 4 heteroatoms. The lowest BCUT2D eigenvalue weighted by Gasteiger charge is -2.39. The summed E-state index contributed by atoms with van der Waals surface area (Å²) in [5.74, 6) is 0.747. The molecule has 0 aromatic heterocycles. The van der Waals surface area contributed by atoms with Crippen LogP contribution in [0.5, 0.6) is 0 Å². The molecule has 13 heavy (non-hydrogen) atoms. The van der Waals surface area contributed by atoms with E-state index < -0.39 is 0 Å². The predicted molar refractivity (Wildman–Crippen MR) is 48.1 cm³/mol. The summed E-state index contributed by atoms with van der Waals surface area (Å²) in [5, 5.41) is 0. The lowest BCUT2D eigenvalue weighted by atomic mass is 9.97. The molecule has 0 bridgehead atoms. The largest absolute Gasteiger partial charge is 0.381 e. The van der Waals surface area contributed by atoms with E-state index >= 15 is 0 Å². The van der Waals surface area contributed by atoms with Crippen LogP contribution in [0, 0.1) is 5.92 Å². The van der Waals surface area contributed by atoms with Crippen LogP contribution < -0.4 is 5.73 Å². The first-order valence-corrected chi connectivity index (χ1v) is 4.89. The smallest absolute Gasteiger partial charge is 0.241 e. The average Bonchev–Trinajstić information content (AvgIpc) is 2.19. The van der Waals surface area contributed by atoms with Crippen molar-refractivity contribution in [2.75, 3.05) is 26.3 Å². The minimum absolute atomic E-state index is 0.117. The minimum Gasteiger partial charge on any atom is -0.381 e. The van der Waals surface area contributed by atoms with Gasteiger partial charge in [-0.15, -0.1) is 0 Å². The third kappa shape index (κ3) is 1.84. The van der Waals surface area contributed by atoms with E-state index in [1.54, 1.807) is 0 Å². The number of β-lactam (4-membered cyclic amide) rings is 1. The molecule has 0 radical (unpaired) electrons. The summed E-state index contributed by atoms with van der Waals surface area (Å²) in [4.78, 5) is 13.1. The van der Waals surface area contributed by atoms with Gasteiger partial charge in [-0.2, -0.15) is 0 Å². The van der Waals surface area contributed by atoms with Crippen molar-refractivity contribution in [1.29, 1.82) is 0 Å². The zero-order valence-electron chi connectivity index (χ0n) is 7.74. The van der Waals surface area contributed by atoms with Crippen molar-refractivity contribution < 1.29 is 9.53 Å². The number of likely N-dealkylation sites (tertiary alicyclic amines) is 1. The molecule has 2 N–H and O–H groups in total. The zero-order valence-corrected chi connectivity index (χ0v) is 7.74. The van der Waals surface area contributed by atoms with Gasteiger partial charge in [0.2, 0.25) is 5.91 Å². The molecule has 0 spiro atoms. The molecule has 4 nitrogen and oxygen atoms in total. The number of hydrogen-bond donors (Lipinski definition) is 1. The van der Waals surface area contributed by atoms with Crippen molar-refractivity contribution in [2.45, 2.75) is 18.9 Å². The van der Waals surface area contributed by atoms with Crippen LogP contribution in [-0.4, -0.2) is 43.2 Å². The summed E-state index contributed by atoms with van der Waals surface area (Å²) in [5.41, 5.74) is 5.50. The van der Waals surface area contributed by atoms with Crippen molar-refractivity contribution in [1.82, 2.24) is 4.90 Å². The summed E-state index contributed by atoms with van der Waals surface area (Å²) in [6, 6.07) is -0.222. The maximum atomic E-state index is 11.2. The predicted octanol–water partition coefficient (Wildman–Crippen LogP) is -0.418. The van der Waals surface area contributed by atoms with E-state index in [4.69, 9.17) is 10.5 Å². The number of amides is 1. The molecular formula is C9H16N2O2. The van der Waals surface area contributed by atoms with Crippen LogP contribution in [0.2, 0.25) is 0 Å². The second kappa shape index (κ2) is 3.64. The quantitative estimate of drug-likeness (QED) is 0.593. The Bertz CT molecular complexity index is 202. The maximum Gasteiger partial charge on any atom is 0.241 e. The Kier molecular flexibility index (Phi) is 2.51. The van der Waals surface area contributed by atoms with Gasteiger partial charge in [0.1, 0.15) is 6.04 Å². The van der Waals surface area contributed by atoms with Crippen molar-refractivity contribution in [3.63, 3.8) is 0 Å². The lowest BCUT2D eigenvalue weighted by Crippen LogP contribution is -2.61. The minimum atomic E-state index is -0.222. The highest BCUT2D eigenvalue weighted by molar-refractivity contribution is 5.87. The van der Waals surface area contributed by atoms with Crippen LogP contribution in [0.1, 0.15) is 12.8 Å². The molecule has 2 heterocycles. The second-order valence-electron chi connectivity index (χ2n) is 3.91. The number of carbonyl (C=O) groups is 1. The van der Waals surface area contributed by atoms with E-state index in [2.05, 4.69) is 0 Å². The van der Waals surface area contributed by atoms with Gasteiger partial charge in [0, 0.05) is 26.3 Å². The van der Waals surface area contributed by atoms with E-state index in [1.165, 1.54) is 0 Å². The van der Waals surface area contributed by atoms with Crippen LogP contribution in [0.25, 0.3) is 0 Å². The van der Waals surface area contributed by atoms with E-state index in [0.717, 1.165) is 39.1 Å². The van der Waals surface area contributed by atoms with E-state index in [9.17, 15) is 4.79 Å². The molecule has 2 saturated heterocycles. The van der Waals surface area contributed by atoms with Crippen molar-refractivity contribution in [3.05, 3.63) is 0 Å². The Balaban J connectivity index is 1.75. The van der Waals surface area contributed by atoms with Gasteiger partial charge in [-0.25, -0.2) is 0 Å². The van der Waals surface area contributed by atoms with Gasteiger partial charge in [0.15, 0.2) is 0 Å². The lowest BCUT2D eigenvalue weighted by molar-refractivity contribution is -0.143. The van der Waals surface area contributed by atoms with Gasteiger partial charge in [-0.3, -0.25) is 4.79 Å². The normalized spacial score (nSPS) is 30.4. The number of ether oxygens (including phenoxy) is 1. The van der Waals surface area contributed by atoms with E-state index in [1.807, 2.05) is 4.90 Å². The summed E-state index contributed by atoms with van der Waals surface area (Å²) in [6.45, 7) is 3.32. The number of nitrogens with zero attached hydrogens (tertiary/aromatic N) is 1. The topological polar surface area (TPSA) is 55.6 Å². The molecule has 0 aromatic carbocycles. The van der Waals surface area contributed by atoms with Gasteiger partial charge in [0.05, 0.1) is 0 Å². The number of carbonyl (C=O) groups excluding carboxylic acids is 1. The van der Waals surface area contributed by atoms with Gasteiger partial charge in [0.25, 0.3) is 0 Å². The van der Waals surface area contributed by atoms with Gasteiger partial charge in [-0.1, -0.05) is 0 Å². The van der Waals surface area contributed by atoms with Gasteiger partial charge in [-0.05, 0) is 18.8 Å². The highest BCUT2D eigenvalue weighted by Crippen LogP contribution is 2.19. The number of rotatable bonds is 2. The average molecular weight is 184 g/mol. The van der Waals surface area contributed by atoms with Gasteiger partial charge >= 0.3 is 0 Å². The third-order valence-electron chi connectivity index (χ3n) is 2.87. The SMILES string of the molecule is NC1CN(CC2CCOCC2)C1=O. The van der Waals surface area contributed by atoms with Crippen molar-refractivity contribution in [3.8, 4) is 0 Å². The number of nitrogens with two attached hydrogens (primary N) is 1. The molecule has 2 fully saturated rings. The molecule has 0 saturated carbocycles. The van der Waals surface area contributed by atoms with Crippen LogP contribution in [-0.2, 0) is 9.53 Å². The Labute approximate surface area is 78.0 Å². The molecule has 2 aliphatic rings. The number of hydrogen-bond acceptors (Lipinski definition) is 3. The third-order valence-corrected chi connectivity index (χ3v) is 2.87. The Morgan fingerprint density at radius 3 is 2.69 bits per heavy atom. The molecule has 0 aromatic rings. The highest BCUT2D eigenvalue weighted by Gasteiger charge is 2.34. The maximum absolute atomic E-state index is 11.2. The first-order chi connectivity index (χ1) is 6.27. The first-order valence-electron chi connectivity index (χ1n) is 4.89. The molecule has 74 valence electrons. The summed E-state index contributed by atoms with van der Waals surface area (Å²) in [6.07, 6.45) is 2.16. The second-order valence-corrected chi connectivity index (χ2v) is 3.91. The van der Waals surface area contributed by atoms with Crippen LogP contribution in [0.15, 0.2) is 0 Å². The molecule has 1 unspecified atom stereocenters. The summed E-state index contributed by atoms with van der Waals surface area (Å²) < 4.78 is 5.25. The molecule has 2 rings (SSSR count). The van der Waals surface area contributed by atoms with Crippen LogP contribution >= 0.6 is 0 Å². The Morgan fingerprint density at radius 2 is 2.15 bits per heavy atom. The van der Waals surface area contributed by atoms with Crippen molar-refractivity contribution in [2.24, 2.45) is 11.7 Å². The molecule has 0 aliphatic carbocycles. The van der Waals surface area contributed by atoms with Crippen LogP contribution in [0.3, 0.4) is 0 Å². The van der Waals surface area contributed by atoms with Crippen LogP contribution in [0.4, 0.5) is 0 Å². The standard InChI is InChI=1S/C9H16N2O2/c10-8-6-11(9(8)12)5-7-1-3-13-4-2-7/h7-8H,1-6,10H2. The molecule has 1 amide bonds. The monoisotopic (exact) mass is 184 g/mol. The zero-order chi connectivity index (χ0) is 9.26. The molecule has 2 aliphatic heterocycles. The van der Waals surface area contributed by atoms with Gasteiger partial charge < -0.3 is 15.4 Å².